The van der Waals surface area contributed by atoms with Crippen LogP contribution >= 0.6 is 0 Å². The SMILES string of the molecule is COC(=O)Cc1ccc(CCC(O)Cc2ccccc2)cc1.COCCc1ccc(CC(=O)OC)cc1.O=C(Cc1ccc(CCC(O)Cc2ccccc2)cc1)NO.[CH2-]c1ccccc1.[Cl-].[Mg+2]. The van der Waals surface area contributed by atoms with Gasteiger partial charge in [-0.3, -0.25) is 19.6 Å². The number of esters is 2. The zero-order valence-electron chi connectivity index (χ0n) is 39.6. The summed E-state index contributed by atoms with van der Waals surface area (Å²) in [5.41, 5.74) is 11.3. The second kappa shape index (κ2) is 36.5. The molecule has 358 valence electrons. The Bertz CT molecular complexity index is 2110. The van der Waals surface area contributed by atoms with Crippen LogP contribution in [0.15, 0.2) is 164 Å². The van der Waals surface area contributed by atoms with Crippen LogP contribution in [0.1, 0.15) is 62.9 Å². The fourth-order valence-corrected chi connectivity index (χ4v) is 6.51. The second-order valence-electron chi connectivity index (χ2n) is 15.7. The van der Waals surface area contributed by atoms with Gasteiger partial charge in [0.25, 0.3) is 0 Å². The third kappa shape index (κ3) is 27.3. The second-order valence-corrected chi connectivity index (χ2v) is 15.7. The van der Waals surface area contributed by atoms with E-state index in [9.17, 15) is 24.6 Å². The number of carbonyl (C=O) groups is 3. The maximum absolute atomic E-state index is 11.2. The van der Waals surface area contributed by atoms with Crippen LogP contribution in [0, 0.1) is 6.92 Å². The quantitative estimate of drug-likeness (QED) is 0.0279. The maximum Gasteiger partial charge on any atom is 2.00 e. The van der Waals surface area contributed by atoms with E-state index in [1.165, 1.54) is 25.3 Å². The number of rotatable bonds is 19. The molecule has 0 saturated heterocycles. The third-order valence-electron chi connectivity index (χ3n) is 10.3. The monoisotopic (exact) mass is 955 g/mol. The normalized spacial score (nSPS) is 10.8. The Kier molecular flexibility index (Phi) is 32.5. The molecule has 0 radical (unpaired) electrons. The van der Waals surface area contributed by atoms with Gasteiger partial charge in [-0.15, -0.1) is 12.1 Å². The van der Waals surface area contributed by atoms with E-state index in [4.69, 9.17) is 9.94 Å². The molecule has 6 rings (SSSR count). The molecule has 0 bridgehead atoms. The number of aryl methyl sites for hydroxylation is 2. The summed E-state index contributed by atoms with van der Waals surface area (Å²) in [6.07, 6.45) is 5.39. The molecule has 2 atom stereocenters. The molecule has 0 aromatic heterocycles. The zero-order valence-corrected chi connectivity index (χ0v) is 41.8. The number of hydroxylamine groups is 1. The van der Waals surface area contributed by atoms with E-state index in [1.807, 2.05) is 164 Å². The molecule has 6 aromatic rings. The molecule has 0 aliphatic rings. The van der Waals surface area contributed by atoms with E-state index in [-0.39, 0.29) is 66.0 Å². The van der Waals surface area contributed by atoms with Crippen molar-refractivity contribution >= 4 is 40.9 Å². The molecule has 12 heteroatoms. The number of methoxy groups -OCH3 is 3. The van der Waals surface area contributed by atoms with Gasteiger partial charge in [0.1, 0.15) is 0 Å². The Morgan fingerprint density at radius 1 is 0.485 bits per heavy atom. The predicted molar refractivity (Wildman–Crippen MR) is 266 cm³/mol. The van der Waals surface area contributed by atoms with E-state index >= 15 is 0 Å². The van der Waals surface area contributed by atoms with Crippen LogP contribution in [-0.4, -0.2) is 96.5 Å². The smallest absolute Gasteiger partial charge is 1.00 e. The van der Waals surface area contributed by atoms with E-state index in [2.05, 4.69) is 16.4 Å². The molecule has 0 spiro atoms. The van der Waals surface area contributed by atoms with Gasteiger partial charge in [-0.1, -0.05) is 140 Å². The minimum atomic E-state index is -0.425. The van der Waals surface area contributed by atoms with Crippen molar-refractivity contribution in [1.82, 2.24) is 5.48 Å². The summed E-state index contributed by atoms with van der Waals surface area (Å²) in [6.45, 7) is 4.44. The first kappa shape index (κ1) is 60.5. The minimum absolute atomic E-state index is 0. The van der Waals surface area contributed by atoms with Crippen LogP contribution in [0.2, 0.25) is 0 Å². The van der Waals surface area contributed by atoms with E-state index in [1.54, 1.807) is 12.6 Å². The van der Waals surface area contributed by atoms with Crippen molar-refractivity contribution in [3.8, 4) is 0 Å². The molecule has 4 N–H and O–H groups in total. The largest absolute Gasteiger partial charge is 2.00 e. The third-order valence-corrected chi connectivity index (χ3v) is 10.3. The van der Waals surface area contributed by atoms with E-state index < -0.39 is 5.91 Å². The van der Waals surface area contributed by atoms with Gasteiger partial charge in [0.05, 0.1) is 52.3 Å². The van der Waals surface area contributed by atoms with Crippen LogP contribution in [0.3, 0.4) is 0 Å². The molecule has 0 saturated carbocycles. The Morgan fingerprint density at radius 3 is 1.12 bits per heavy atom. The molecule has 10 nitrogen and oxygen atoms in total. The predicted octanol–water partition coefficient (Wildman–Crippen LogP) is 5.29. The first-order valence-electron chi connectivity index (χ1n) is 22.1. The molecule has 0 aliphatic heterocycles. The summed E-state index contributed by atoms with van der Waals surface area (Å²) in [6, 6.07) is 53.3. The number of amides is 1. The Hall–Kier alpha value is -5.50. The molecule has 1 amide bonds. The average molecular weight is 957 g/mol. The number of nitrogens with one attached hydrogen (secondary N) is 1. The Labute approximate surface area is 425 Å². The minimum Gasteiger partial charge on any atom is -1.00 e. The molecule has 2 unspecified atom stereocenters. The maximum atomic E-state index is 11.2. The summed E-state index contributed by atoms with van der Waals surface area (Å²) >= 11 is 0. The number of aliphatic hydroxyl groups excluding tert-OH is 2. The molecule has 0 fully saturated rings. The number of hydrogen-bond acceptors (Lipinski definition) is 9. The summed E-state index contributed by atoms with van der Waals surface area (Å²) in [7, 11) is 4.48. The van der Waals surface area contributed by atoms with Gasteiger partial charge in [0.15, 0.2) is 0 Å². The fourth-order valence-electron chi connectivity index (χ4n) is 6.51. The van der Waals surface area contributed by atoms with Crippen LogP contribution in [0.4, 0.5) is 0 Å². The van der Waals surface area contributed by atoms with E-state index in [0.717, 1.165) is 71.2 Å². The zero-order chi connectivity index (χ0) is 47.8. The number of ether oxygens (including phenoxy) is 3. The standard InChI is InChI=1S/C19H22O3.C18H21NO3.C12H16O3.C7H7.ClH.Mg/c1-22-19(21)14-17-9-7-15(8-10-17)11-12-18(20)13-16-5-3-2-4-6-16;20-17(12-15-4-2-1-3-5-15)11-10-14-6-8-16(9-7-14)13-18(21)19-22;1-14-8-7-10-3-5-11(6-4-10)9-12(13)15-2;1-7-5-3-2-4-6-7;;/h2-10,18,20H,11-14H2,1H3;1-9,17,20,22H,10-13H2,(H,19,21);3-6H,7-9H2,1-2H3;2-6H,1H2;1H;/q;;;-1;;+2/p-1. The topological polar surface area (TPSA) is 152 Å². The summed E-state index contributed by atoms with van der Waals surface area (Å²) in [5, 5.41) is 28.7. The van der Waals surface area contributed by atoms with Crippen LogP contribution in [0.5, 0.6) is 0 Å². The number of carbonyl (C=O) groups excluding carboxylic acids is 3. The van der Waals surface area contributed by atoms with Gasteiger partial charge in [0, 0.05) is 7.11 Å². The van der Waals surface area contributed by atoms with Crippen LogP contribution in [-0.2, 0) is 80.0 Å². The van der Waals surface area contributed by atoms with Crippen molar-refractivity contribution < 1.29 is 56.4 Å². The van der Waals surface area contributed by atoms with Gasteiger partial charge < -0.3 is 36.8 Å². The summed E-state index contributed by atoms with van der Waals surface area (Å²) in [4.78, 5) is 33.3. The molecule has 0 aliphatic carbocycles. The Morgan fingerprint density at radius 2 is 0.809 bits per heavy atom. The van der Waals surface area contributed by atoms with Crippen LogP contribution in [0.25, 0.3) is 0 Å². The van der Waals surface area contributed by atoms with Gasteiger partial charge in [-0.2, -0.15) is 24.6 Å². The van der Waals surface area contributed by atoms with Crippen molar-refractivity contribution in [2.24, 2.45) is 0 Å². The van der Waals surface area contributed by atoms with Crippen molar-refractivity contribution in [3.63, 3.8) is 0 Å². The number of benzene rings is 6. The summed E-state index contributed by atoms with van der Waals surface area (Å²) in [5.74, 6) is -0.864. The van der Waals surface area contributed by atoms with Crippen LogP contribution < -0.4 is 17.9 Å². The fraction of sp³-hybridized carbons (Fsp3) is 0.286. The average Bonchev–Trinajstić information content (AvgIpc) is 3.34. The van der Waals surface area contributed by atoms with E-state index in [0.29, 0.717) is 32.1 Å². The Balaban J connectivity index is 0.000000475. The van der Waals surface area contributed by atoms with Gasteiger partial charge in [-0.05, 0) is 89.5 Å². The molecule has 68 heavy (non-hydrogen) atoms. The first-order valence-corrected chi connectivity index (χ1v) is 22.1. The number of aliphatic hydroxyl groups is 2. The van der Waals surface area contributed by atoms with Crippen molar-refractivity contribution in [3.05, 3.63) is 221 Å². The van der Waals surface area contributed by atoms with Crippen molar-refractivity contribution in [2.75, 3.05) is 27.9 Å². The molecule has 0 heterocycles. The van der Waals surface area contributed by atoms with Gasteiger partial charge in [0.2, 0.25) is 5.91 Å². The van der Waals surface area contributed by atoms with Gasteiger partial charge >= 0.3 is 35.0 Å². The molecular weight excluding hydrogens is 890 g/mol. The number of halogens is 1. The molecule has 6 aromatic carbocycles. The van der Waals surface area contributed by atoms with Crippen molar-refractivity contribution in [1.29, 1.82) is 0 Å². The summed E-state index contributed by atoms with van der Waals surface area (Å²) < 4.78 is 14.2. The van der Waals surface area contributed by atoms with Gasteiger partial charge in [-0.25, -0.2) is 5.48 Å². The molecular formula is C56H66ClMgNO9. The number of hydrogen-bond donors (Lipinski definition) is 4. The van der Waals surface area contributed by atoms with Crippen molar-refractivity contribution in [2.45, 2.75) is 76.4 Å². The first-order chi connectivity index (χ1) is 32.0.